The third kappa shape index (κ3) is 10.0. The van der Waals surface area contributed by atoms with Gasteiger partial charge in [0.1, 0.15) is 42.0 Å². The van der Waals surface area contributed by atoms with Crippen LogP contribution in [0.25, 0.3) is 0 Å². The van der Waals surface area contributed by atoms with Crippen LogP contribution in [0.2, 0.25) is 0 Å². The number of Topliss-reactive ketones (excluding diaryl/α,β-unsaturated/α-hetero) is 1. The molecule has 2 aliphatic rings. The standard InChI is InChI=1S/C38H48FN7O6/c1-25(2)18-31-37(50)46-23-29(47)21-33(46)38(51)44(3)32(19-26-12-8-7-9-13-26)36(49)40-16-10-5-4-6-11-17-45-22-28(42-43-45)24-52-34-20-27(39)14-15-30(34)35(48)41-31/h7-9,12-15,20,22,25,31-33H,4-6,10-11,16-19,21,23-24H2,1-3H3,(H,40,49)(H,41,48)/t31-,32+,33-/m1/s1. The Labute approximate surface area is 303 Å². The molecule has 1 aromatic heterocycles. The van der Waals surface area contributed by atoms with Crippen LogP contribution in [0.1, 0.15) is 80.4 Å². The molecule has 0 saturated carbocycles. The van der Waals surface area contributed by atoms with E-state index >= 15 is 0 Å². The molecule has 2 N–H and O–H groups in total. The van der Waals surface area contributed by atoms with Gasteiger partial charge in [0.2, 0.25) is 17.7 Å². The summed E-state index contributed by atoms with van der Waals surface area (Å²) in [5.74, 6) is -3.18. The molecular formula is C38H48FN7O6. The molecule has 3 atom stereocenters. The molecule has 52 heavy (non-hydrogen) atoms. The van der Waals surface area contributed by atoms with Gasteiger partial charge in [-0.3, -0.25) is 28.7 Å². The Morgan fingerprint density at radius 3 is 2.48 bits per heavy atom. The van der Waals surface area contributed by atoms with Gasteiger partial charge in [-0.2, -0.15) is 0 Å². The fraction of sp³-hybridized carbons (Fsp3) is 0.500. The van der Waals surface area contributed by atoms with Crippen LogP contribution in [-0.4, -0.2) is 92.5 Å². The minimum absolute atomic E-state index is 0.000457. The minimum atomic E-state index is -1.16. The van der Waals surface area contributed by atoms with E-state index in [4.69, 9.17) is 4.74 Å². The van der Waals surface area contributed by atoms with Gasteiger partial charge in [0.25, 0.3) is 5.91 Å². The highest BCUT2D eigenvalue weighted by Crippen LogP contribution is 2.25. The highest BCUT2D eigenvalue weighted by molar-refractivity contribution is 6.03. The molecule has 5 rings (SSSR count). The average molecular weight is 718 g/mol. The lowest BCUT2D eigenvalue weighted by molar-refractivity contribution is -0.147. The van der Waals surface area contributed by atoms with E-state index in [2.05, 4.69) is 20.9 Å². The van der Waals surface area contributed by atoms with Crippen molar-refractivity contribution in [2.75, 3.05) is 20.1 Å². The van der Waals surface area contributed by atoms with Crippen LogP contribution in [0.15, 0.2) is 54.7 Å². The number of aryl methyl sites for hydroxylation is 1. The van der Waals surface area contributed by atoms with Gasteiger partial charge in [-0.1, -0.05) is 68.7 Å². The van der Waals surface area contributed by atoms with Gasteiger partial charge in [-0.05, 0) is 42.9 Å². The number of ether oxygens (including phenoxy) is 1. The van der Waals surface area contributed by atoms with Crippen LogP contribution in [0, 0.1) is 11.7 Å². The van der Waals surface area contributed by atoms with E-state index in [-0.39, 0.29) is 61.3 Å². The lowest BCUT2D eigenvalue weighted by Crippen LogP contribution is -2.57. The van der Waals surface area contributed by atoms with Crippen LogP contribution >= 0.6 is 0 Å². The first-order chi connectivity index (χ1) is 25.0. The Kier molecular flexibility index (Phi) is 13.1. The summed E-state index contributed by atoms with van der Waals surface area (Å²) in [6.45, 7) is 4.47. The number of halogens is 1. The number of fused-ring (bicyclic) bond motifs is 4. The molecule has 4 amide bonds. The van der Waals surface area contributed by atoms with Gasteiger partial charge in [0.15, 0.2) is 5.78 Å². The number of nitrogens with zero attached hydrogens (tertiary/aromatic N) is 5. The van der Waals surface area contributed by atoms with Gasteiger partial charge in [-0.25, -0.2) is 4.39 Å². The predicted octanol–water partition coefficient (Wildman–Crippen LogP) is 3.46. The number of likely N-dealkylation sites (N-methyl/N-ethyl adjacent to an activating group) is 1. The number of benzene rings is 2. The van der Waals surface area contributed by atoms with E-state index < -0.39 is 41.7 Å². The van der Waals surface area contributed by atoms with Crippen molar-refractivity contribution in [3.8, 4) is 5.75 Å². The smallest absolute Gasteiger partial charge is 0.255 e. The number of carbonyl (C=O) groups excluding carboxylic acids is 5. The Morgan fingerprint density at radius 1 is 0.962 bits per heavy atom. The second-order valence-corrected chi connectivity index (χ2v) is 14.0. The number of carbonyl (C=O) groups is 5. The largest absolute Gasteiger partial charge is 0.486 e. The van der Waals surface area contributed by atoms with E-state index in [0.717, 1.165) is 49.8 Å². The van der Waals surface area contributed by atoms with Crippen molar-refractivity contribution >= 4 is 29.4 Å². The van der Waals surface area contributed by atoms with E-state index in [0.29, 0.717) is 18.8 Å². The topological polar surface area (TPSA) is 156 Å². The molecule has 2 aliphatic heterocycles. The molecule has 3 aromatic rings. The average Bonchev–Trinajstić information content (AvgIpc) is 3.75. The zero-order chi connectivity index (χ0) is 37.2. The van der Waals surface area contributed by atoms with Crippen molar-refractivity contribution < 1.29 is 33.1 Å². The van der Waals surface area contributed by atoms with Crippen molar-refractivity contribution in [2.24, 2.45) is 5.92 Å². The van der Waals surface area contributed by atoms with E-state index in [9.17, 15) is 28.4 Å². The maximum absolute atomic E-state index is 14.4. The second-order valence-electron chi connectivity index (χ2n) is 14.0. The van der Waals surface area contributed by atoms with Crippen molar-refractivity contribution in [3.63, 3.8) is 0 Å². The summed E-state index contributed by atoms with van der Waals surface area (Å²) in [4.78, 5) is 71.2. The number of aromatic nitrogens is 3. The quantitative estimate of drug-likeness (QED) is 0.416. The summed E-state index contributed by atoms with van der Waals surface area (Å²) in [5.41, 5.74) is 1.35. The van der Waals surface area contributed by atoms with Crippen LogP contribution in [0.5, 0.6) is 5.75 Å². The molecule has 1 fully saturated rings. The minimum Gasteiger partial charge on any atom is -0.486 e. The molecule has 13 nitrogen and oxygen atoms in total. The molecule has 3 heterocycles. The highest BCUT2D eigenvalue weighted by atomic mass is 19.1. The Hall–Kier alpha value is -5.14. The Bertz CT molecular complexity index is 1730. The van der Waals surface area contributed by atoms with Crippen LogP contribution < -0.4 is 15.4 Å². The van der Waals surface area contributed by atoms with E-state index in [1.165, 1.54) is 22.9 Å². The molecule has 2 aromatic carbocycles. The van der Waals surface area contributed by atoms with Crippen molar-refractivity contribution in [1.29, 1.82) is 0 Å². The van der Waals surface area contributed by atoms with Gasteiger partial charge in [0, 0.05) is 39.0 Å². The first-order valence-electron chi connectivity index (χ1n) is 18.0. The number of amides is 4. The number of ketones is 1. The molecular weight excluding hydrogens is 669 g/mol. The van der Waals surface area contributed by atoms with Crippen molar-refractivity contribution in [2.45, 2.75) is 96.5 Å². The summed E-state index contributed by atoms with van der Waals surface area (Å²) >= 11 is 0. The maximum Gasteiger partial charge on any atom is 0.255 e. The Balaban J connectivity index is 1.44. The molecule has 0 spiro atoms. The molecule has 278 valence electrons. The number of hydrogen-bond acceptors (Lipinski definition) is 8. The molecule has 14 heteroatoms. The SMILES string of the molecule is CC(C)C[C@H]1NC(=O)c2ccc(F)cc2OCc2cn(nn2)CCCCCCCNC(=O)[C@H](Cc2ccccc2)N(C)C(=O)[C@H]2CC(=O)CN2C1=O. The highest BCUT2D eigenvalue weighted by Gasteiger charge is 2.44. The molecule has 0 radical (unpaired) electrons. The number of hydrogen-bond donors (Lipinski definition) is 2. The first-order valence-corrected chi connectivity index (χ1v) is 18.0. The first kappa shape index (κ1) is 38.1. The fourth-order valence-corrected chi connectivity index (χ4v) is 6.63. The van der Waals surface area contributed by atoms with Gasteiger partial charge >= 0.3 is 0 Å². The molecule has 1 saturated heterocycles. The fourth-order valence-electron chi connectivity index (χ4n) is 6.63. The third-order valence-corrected chi connectivity index (χ3v) is 9.43. The van der Waals surface area contributed by atoms with Crippen molar-refractivity contribution in [1.82, 2.24) is 35.4 Å². The molecule has 2 bridgehead atoms. The van der Waals surface area contributed by atoms with E-state index in [1.54, 1.807) is 10.9 Å². The summed E-state index contributed by atoms with van der Waals surface area (Å²) in [6, 6.07) is 9.68. The monoisotopic (exact) mass is 717 g/mol. The van der Waals surface area contributed by atoms with Crippen LogP contribution in [0.3, 0.4) is 0 Å². The molecule has 0 unspecified atom stereocenters. The van der Waals surface area contributed by atoms with Crippen LogP contribution in [-0.2, 0) is 38.8 Å². The molecule has 0 aliphatic carbocycles. The third-order valence-electron chi connectivity index (χ3n) is 9.43. The maximum atomic E-state index is 14.4. The predicted molar refractivity (Wildman–Crippen MR) is 189 cm³/mol. The lowest BCUT2D eigenvalue weighted by atomic mass is 10.0. The second kappa shape index (κ2) is 17.9. The summed E-state index contributed by atoms with van der Waals surface area (Å²) in [6.07, 6.45) is 6.40. The van der Waals surface area contributed by atoms with Gasteiger partial charge in [0.05, 0.1) is 18.3 Å². The normalized spacial score (nSPS) is 21.8. The van der Waals surface area contributed by atoms with Crippen LogP contribution in [0.4, 0.5) is 4.39 Å². The van der Waals surface area contributed by atoms with E-state index in [1.807, 2.05) is 44.2 Å². The number of rotatable bonds is 4. The zero-order valence-corrected chi connectivity index (χ0v) is 30.1. The van der Waals surface area contributed by atoms with Gasteiger partial charge in [-0.15, -0.1) is 5.10 Å². The number of nitrogens with one attached hydrogen (secondary N) is 2. The summed E-state index contributed by atoms with van der Waals surface area (Å²) < 4.78 is 22.0. The van der Waals surface area contributed by atoms with Gasteiger partial charge < -0.3 is 25.2 Å². The lowest BCUT2D eigenvalue weighted by Gasteiger charge is -2.34. The Morgan fingerprint density at radius 2 is 1.71 bits per heavy atom. The summed E-state index contributed by atoms with van der Waals surface area (Å²) in [7, 11) is 1.52. The van der Waals surface area contributed by atoms with Crippen molar-refractivity contribution in [3.05, 3.63) is 77.4 Å². The summed E-state index contributed by atoms with van der Waals surface area (Å²) in [5, 5.41) is 14.1. The zero-order valence-electron chi connectivity index (χ0n) is 30.1.